The minimum absolute atomic E-state index is 0.0903. The van der Waals surface area contributed by atoms with Gasteiger partial charge < -0.3 is 4.42 Å². The maximum absolute atomic E-state index is 13.6. The van der Waals surface area contributed by atoms with Gasteiger partial charge in [0, 0.05) is 18.3 Å². The molecule has 0 bridgehead atoms. The standard InChI is InChI=1S/C17H15FN2O3S/c18-15-5-2-1-4-14(15)12-24(21,22)20-11-13-7-8-19-16(10-13)17-6-3-9-23-17/h1-10,20H,11-12H2. The summed E-state index contributed by atoms with van der Waals surface area (Å²) in [5.74, 6) is -0.339. The third-order valence-corrected chi connectivity index (χ3v) is 4.67. The van der Waals surface area contributed by atoms with Crippen molar-refractivity contribution in [2.24, 2.45) is 0 Å². The van der Waals surface area contributed by atoms with Crippen molar-refractivity contribution in [3.8, 4) is 11.5 Å². The summed E-state index contributed by atoms with van der Waals surface area (Å²) in [5.41, 5.74) is 1.48. The molecule has 7 heteroatoms. The Labute approximate surface area is 139 Å². The summed E-state index contributed by atoms with van der Waals surface area (Å²) >= 11 is 0. The highest BCUT2D eigenvalue weighted by atomic mass is 32.2. The maximum atomic E-state index is 13.6. The Morgan fingerprint density at radius 3 is 2.71 bits per heavy atom. The molecule has 5 nitrogen and oxygen atoms in total. The number of sulfonamides is 1. The largest absolute Gasteiger partial charge is 0.463 e. The average molecular weight is 346 g/mol. The average Bonchev–Trinajstić information content (AvgIpc) is 3.10. The van der Waals surface area contributed by atoms with Crippen molar-refractivity contribution in [1.82, 2.24) is 9.71 Å². The molecule has 2 heterocycles. The molecule has 0 saturated heterocycles. The van der Waals surface area contributed by atoms with Gasteiger partial charge in [0.05, 0.1) is 12.0 Å². The van der Waals surface area contributed by atoms with Crippen LogP contribution in [-0.2, 0) is 22.3 Å². The van der Waals surface area contributed by atoms with Crippen molar-refractivity contribution in [2.75, 3.05) is 0 Å². The smallest absolute Gasteiger partial charge is 0.216 e. The van der Waals surface area contributed by atoms with Crippen LogP contribution in [0.25, 0.3) is 11.5 Å². The van der Waals surface area contributed by atoms with E-state index in [4.69, 9.17) is 4.42 Å². The molecule has 0 radical (unpaired) electrons. The van der Waals surface area contributed by atoms with Crippen LogP contribution < -0.4 is 4.72 Å². The number of hydrogen-bond donors (Lipinski definition) is 1. The van der Waals surface area contributed by atoms with Crippen LogP contribution in [0.1, 0.15) is 11.1 Å². The normalized spacial score (nSPS) is 11.5. The van der Waals surface area contributed by atoms with Gasteiger partial charge in [0.2, 0.25) is 10.0 Å². The zero-order chi connectivity index (χ0) is 17.0. The Balaban J connectivity index is 1.69. The highest BCUT2D eigenvalue weighted by molar-refractivity contribution is 7.88. The number of nitrogens with zero attached hydrogens (tertiary/aromatic N) is 1. The van der Waals surface area contributed by atoms with Gasteiger partial charge in [-0.2, -0.15) is 0 Å². The summed E-state index contributed by atoms with van der Waals surface area (Å²) in [4.78, 5) is 4.19. The Bertz CT molecular complexity index is 925. The van der Waals surface area contributed by atoms with Crippen LogP contribution in [0.5, 0.6) is 0 Å². The van der Waals surface area contributed by atoms with E-state index in [0.29, 0.717) is 11.5 Å². The van der Waals surface area contributed by atoms with Gasteiger partial charge in [0.1, 0.15) is 11.5 Å². The molecule has 3 rings (SSSR count). The summed E-state index contributed by atoms with van der Waals surface area (Å²) in [6.45, 7) is 0.0903. The molecule has 0 aliphatic rings. The summed E-state index contributed by atoms with van der Waals surface area (Å²) in [5, 5.41) is 0. The maximum Gasteiger partial charge on any atom is 0.216 e. The lowest BCUT2D eigenvalue weighted by molar-refractivity contribution is 0.574. The molecule has 0 atom stereocenters. The van der Waals surface area contributed by atoms with Gasteiger partial charge in [0.15, 0.2) is 5.76 Å². The number of rotatable bonds is 6. The van der Waals surface area contributed by atoms with Gasteiger partial charge in [0.25, 0.3) is 0 Å². The van der Waals surface area contributed by atoms with Gasteiger partial charge in [-0.15, -0.1) is 0 Å². The Kier molecular flexibility index (Phi) is 4.73. The minimum Gasteiger partial charge on any atom is -0.463 e. The quantitative estimate of drug-likeness (QED) is 0.744. The van der Waals surface area contributed by atoms with Crippen molar-refractivity contribution in [3.05, 3.63) is 77.9 Å². The number of pyridine rings is 1. The van der Waals surface area contributed by atoms with Crippen molar-refractivity contribution in [2.45, 2.75) is 12.3 Å². The molecular weight excluding hydrogens is 331 g/mol. The van der Waals surface area contributed by atoms with Crippen molar-refractivity contribution in [1.29, 1.82) is 0 Å². The number of aromatic nitrogens is 1. The third-order valence-electron chi connectivity index (χ3n) is 3.40. The lowest BCUT2D eigenvalue weighted by atomic mass is 10.2. The Morgan fingerprint density at radius 1 is 1.12 bits per heavy atom. The van der Waals surface area contributed by atoms with Crippen LogP contribution >= 0.6 is 0 Å². The van der Waals surface area contributed by atoms with E-state index in [9.17, 15) is 12.8 Å². The van der Waals surface area contributed by atoms with Gasteiger partial charge in [-0.3, -0.25) is 4.98 Å². The van der Waals surface area contributed by atoms with Crippen LogP contribution in [-0.4, -0.2) is 13.4 Å². The fraction of sp³-hybridized carbons (Fsp3) is 0.118. The summed E-state index contributed by atoms with van der Waals surface area (Å²) < 4.78 is 45.6. The second-order valence-electron chi connectivity index (χ2n) is 5.20. The molecule has 0 saturated carbocycles. The second kappa shape index (κ2) is 6.94. The van der Waals surface area contributed by atoms with E-state index in [2.05, 4.69) is 9.71 Å². The first-order chi connectivity index (χ1) is 11.5. The van der Waals surface area contributed by atoms with E-state index >= 15 is 0 Å². The Hall–Kier alpha value is -2.51. The van der Waals surface area contributed by atoms with Crippen LogP contribution in [0.2, 0.25) is 0 Å². The van der Waals surface area contributed by atoms with Crippen molar-refractivity contribution < 1.29 is 17.2 Å². The fourth-order valence-electron chi connectivity index (χ4n) is 2.21. The molecule has 0 fully saturated rings. The van der Waals surface area contributed by atoms with Gasteiger partial charge in [-0.05, 0) is 35.9 Å². The molecule has 2 aromatic heterocycles. The van der Waals surface area contributed by atoms with E-state index in [0.717, 1.165) is 5.56 Å². The number of hydrogen-bond acceptors (Lipinski definition) is 4. The molecule has 0 unspecified atom stereocenters. The van der Waals surface area contributed by atoms with Gasteiger partial charge >= 0.3 is 0 Å². The molecule has 0 aliphatic carbocycles. The number of furan rings is 1. The van der Waals surface area contributed by atoms with E-state index in [1.54, 1.807) is 42.8 Å². The molecule has 124 valence electrons. The van der Waals surface area contributed by atoms with E-state index < -0.39 is 21.6 Å². The first kappa shape index (κ1) is 16.4. The number of halogens is 1. The first-order valence-corrected chi connectivity index (χ1v) is 8.88. The van der Waals surface area contributed by atoms with Gasteiger partial charge in [-0.25, -0.2) is 17.5 Å². The molecule has 0 aliphatic heterocycles. The lowest BCUT2D eigenvalue weighted by Crippen LogP contribution is -2.25. The van der Waals surface area contributed by atoms with E-state index in [1.807, 2.05) is 0 Å². The zero-order valence-corrected chi connectivity index (χ0v) is 13.5. The van der Waals surface area contributed by atoms with Crippen LogP contribution in [0.15, 0.2) is 65.4 Å². The molecule has 1 N–H and O–H groups in total. The van der Waals surface area contributed by atoms with Crippen LogP contribution in [0.4, 0.5) is 4.39 Å². The second-order valence-corrected chi connectivity index (χ2v) is 7.01. The monoisotopic (exact) mass is 346 g/mol. The molecule has 0 spiro atoms. The van der Waals surface area contributed by atoms with Crippen LogP contribution in [0.3, 0.4) is 0 Å². The third kappa shape index (κ3) is 4.06. The van der Waals surface area contributed by atoms with Gasteiger partial charge in [-0.1, -0.05) is 18.2 Å². The SMILES string of the molecule is O=S(=O)(Cc1ccccc1F)NCc1ccnc(-c2ccco2)c1. The first-order valence-electron chi connectivity index (χ1n) is 7.23. The zero-order valence-electron chi connectivity index (χ0n) is 12.6. The molecule has 3 aromatic rings. The highest BCUT2D eigenvalue weighted by Gasteiger charge is 2.14. The summed E-state index contributed by atoms with van der Waals surface area (Å²) in [6.07, 6.45) is 3.12. The number of benzene rings is 1. The van der Waals surface area contributed by atoms with Crippen molar-refractivity contribution in [3.63, 3.8) is 0 Å². The molecule has 0 amide bonds. The topological polar surface area (TPSA) is 72.2 Å². The van der Waals surface area contributed by atoms with Crippen molar-refractivity contribution >= 4 is 10.0 Å². The predicted molar refractivity (Wildman–Crippen MR) is 87.8 cm³/mol. The predicted octanol–water partition coefficient (Wildman–Crippen LogP) is 3.10. The highest BCUT2D eigenvalue weighted by Crippen LogP contribution is 2.18. The fourth-order valence-corrected chi connectivity index (χ4v) is 3.34. The van der Waals surface area contributed by atoms with Crippen LogP contribution in [0, 0.1) is 5.82 Å². The Morgan fingerprint density at radius 2 is 1.96 bits per heavy atom. The number of nitrogens with one attached hydrogen (secondary N) is 1. The molecular formula is C17H15FN2O3S. The summed E-state index contributed by atoms with van der Waals surface area (Å²) in [7, 11) is -3.66. The molecule has 1 aromatic carbocycles. The lowest BCUT2D eigenvalue weighted by Gasteiger charge is -2.08. The summed E-state index contributed by atoms with van der Waals surface area (Å²) in [6, 6.07) is 12.8. The molecule has 24 heavy (non-hydrogen) atoms. The van der Waals surface area contributed by atoms with E-state index in [-0.39, 0.29) is 12.1 Å². The minimum atomic E-state index is -3.66. The van der Waals surface area contributed by atoms with E-state index in [1.165, 1.54) is 18.2 Å².